The van der Waals surface area contributed by atoms with E-state index in [2.05, 4.69) is 15.5 Å². The van der Waals surface area contributed by atoms with E-state index < -0.39 is 17.3 Å². The molecule has 0 saturated heterocycles. The molecular weight excluding hydrogens is 309 g/mol. The molecule has 0 radical (unpaired) electrons. The summed E-state index contributed by atoms with van der Waals surface area (Å²) in [6, 6.07) is 6.21. The zero-order valence-electron chi connectivity index (χ0n) is 14.4. The molecule has 1 atom stereocenters. The molecule has 0 aliphatic carbocycles. The molecule has 1 amide bonds. The molecule has 0 aliphatic rings. The third-order valence-corrected chi connectivity index (χ3v) is 4.16. The molecule has 0 spiro atoms. The SMILES string of the molecule is CC(C)C(O)C(C)(C)CNC(=O)c1cn[nH]c1-c1ccccc1F. The second kappa shape index (κ2) is 7.13. The predicted octanol–water partition coefficient (Wildman–Crippen LogP) is 2.99. The number of H-pyrrole nitrogens is 1. The van der Waals surface area contributed by atoms with Crippen LogP contribution in [0.15, 0.2) is 30.5 Å². The zero-order chi connectivity index (χ0) is 17.9. The van der Waals surface area contributed by atoms with E-state index in [4.69, 9.17) is 0 Å². The van der Waals surface area contributed by atoms with E-state index in [-0.39, 0.29) is 17.4 Å². The number of hydrogen-bond donors (Lipinski definition) is 3. The average molecular weight is 333 g/mol. The Balaban J connectivity index is 2.15. The molecule has 1 aromatic heterocycles. The maximum atomic E-state index is 14.0. The lowest BCUT2D eigenvalue weighted by Crippen LogP contribution is -2.43. The summed E-state index contributed by atoms with van der Waals surface area (Å²) >= 11 is 0. The van der Waals surface area contributed by atoms with Crippen molar-refractivity contribution < 1.29 is 14.3 Å². The number of aliphatic hydroxyl groups excluding tert-OH is 1. The topological polar surface area (TPSA) is 78.0 Å². The van der Waals surface area contributed by atoms with Crippen molar-refractivity contribution in [1.29, 1.82) is 0 Å². The summed E-state index contributed by atoms with van der Waals surface area (Å²) in [5.74, 6) is -0.697. The van der Waals surface area contributed by atoms with Crippen LogP contribution in [-0.4, -0.2) is 33.9 Å². The molecule has 0 aliphatic heterocycles. The molecule has 0 bridgehead atoms. The number of carbonyl (C=O) groups excluding carboxylic acids is 1. The fourth-order valence-electron chi connectivity index (χ4n) is 2.74. The van der Waals surface area contributed by atoms with Gasteiger partial charge in [0.05, 0.1) is 23.6 Å². The zero-order valence-corrected chi connectivity index (χ0v) is 14.4. The Kier molecular flexibility index (Phi) is 5.39. The molecular formula is C18H24FN3O2. The van der Waals surface area contributed by atoms with Crippen molar-refractivity contribution >= 4 is 5.91 Å². The fourth-order valence-corrected chi connectivity index (χ4v) is 2.74. The highest BCUT2D eigenvalue weighted by molar-refractivity contribution is 5.99. The molecule has 2 aromatic rings. The number of halogens is 1. The molecule has 3 N–H and O–H groups in total. The van der Waals surface area contributed by atoms with Crippen LogP contribution in [0.25, 0.3) is 11.3 Å². The molecule has 0 saturated carbocycles. The largest absolute Gasteiger partial charge is 0.392 e. The van der Waals surface area contributed by atoms with Crippen LogP contribution in [0.1, 0.15) is 38.1 Å². The lowest BCUT2D eigenvalue weighted by Gasteiger charge is -2.33. The van der Waals surface area contributed by atoms with Crippen molar-refractivity contribution in [3.8, 4) is 11.3 Å². The minimum atomic E-state index is -0.548. The van der Waals surface area contributed by atoms with E-state index in [0.29, 0.717) is 17.8 Å². The molecule has 5 nitrogen and oxygen atoms in total. The Morgan fingerprint density at radius 2 is 2.04 bits per heavy atom. The fraction of sp³-hybridized carbons (Fsp3) is 0.444. The maximum absolute atomic E-state index is 14.0. The Morgan fingerprint density at radius 1 is 1.38 bits per heavy atom. The smallest absolute Gasteiger partial charge is 0.255 e. The van der Waals surface area contributed by atoms with Crippen molar-refractivity contribution in [3.05, 3.63) is 41.8 Å². The Bertz CT molecular complexity index is 710. The number of hydrogen-bond acceptors (Lipinski definition) is 3. The van der Waals surface area contributed by atoms with Gasteiger partial charge < -0.3 is 10.4 Å². The quantitative estimate of drug-likeness (QED) is 0.760. The number of benzene rings is 1. The second-order valence-corrected chi connectivity index (χ2v) is 7.00. The normalized spacial score (nSPS) is 13.1. The molecule has 6 heteroatoms. The van der Waals surface area contributed by atoms with E-state index in [1.807, 2.05) is 27.7 Å². The summed E-state index contributed by atoms with van der Waals surface area (Å²) in [5.41, 5.74) is 0.426. The maximum Gasteiger partial charge on any atom is 0.255 e. The van der Waals surface area contributed by atoms with Crippen LogP contribution < -0.4 is 5.32 Å². The van der Waals surface area contributed by atoms with Crippen LogP contribution in [0, 0.1) is 17.2 Å². The van der Waals surface area contributed by atoms with Crippen molar-refractivity contribution in [2.45, 2.75) is 33.8 Å². The summed E-state index contributed by atoms with van der Waals surface area (Å²) < 4.78 is 14.0. The van der Waals surface area contributed by atoms with Crippen LogP contribution >= 0.6 is 0 Å². The first-order valence-electron chi connectivity index (χ1n) is 7.98. The summed E-state index contributed by atoms with van der Waals surface area (Å²) in [5, 5.41) is 19.6. The molecule has 2 rings (SSSR count). The van der Waals surface area contributed by atoms with Crippen LogP contribution in [0.3, 0.4) is 0 Å². The lowest BCUT2D eigenvalue weighted by molar-refractivity contribution is 0.0138. The van der Waals surface area contributed by atoms with Crippen molar-refractivity contribution in [3.63, 3.8) is 0 Å². The van der Waals surface area contributed by atoms with Crippen LogP contribution in [0.4, 0.5) is 4.39 Å². The summed E-state index contributed by atoms with van der Waals surface area (Å²) in [4.78, 5) is 12.5. The summed E-state index contributed by atoms with van der Waals surface area (Å²) in [6.45, 7) is 7.95. The Labute approximate surface area is 141 Å². The van der Waals surface area contributed by atoms with Gasteiger partial charge in [-0.15, -0.1) is 0 Å². The number of aromatic nitrogens is 2. The molecule has 1 heterocycles. The third-order valence-electron chi connectivity index (χ3n) is 4.16. The lowest BCUT2D eigenvalue weighted by atomic mass is 9.80. The minimum absolute atomic E-state index is 0.0832. The van der Waals surface area contributed by atoms with E-state index in [1.165, 1.54) is 12.3 Å². The van der Waals surface area contributed by atoms with Crippen LogP contribution in [-0.2, 0) is 0 Å². The van der Waals surface area contributed by atoms with Crippen LogP contribution in [0.5, 0.6) is 0 Å². The van der Waals surface area contributed by atoms with E-state index >= 15 is 0 Å². The number of carbonyl (C=O) groups is 1. The van der Waals surface area contributed by atoms with Gasteiger partial charge in [-0.3, -0.25) is 9.89 Å². The Hall–Kier alpha value is -2.21. The van der Waals surface area contributed by atoms with Gasteiger partial charge >= 0.3 is 0 Å². The van der Waals surface area contributed by atoms with Gasteiger partial charge in [-0.1, -0.05) is 39.8 Å². The molecule has 24 heavy (non-hydrogen) atoms. The first kappa shape index (κ1) is 18.1. The Morgan fingerprint density at radius 3 is 2.67 bits per heavy atom. The highest BCUT2D eigenvalue weighted by atomic mass is 19.1. The van der Waals surface area contributed by atoms with Crippen LogP contribution in [0.2, 0.25) is 0 Å². The predicted molar refractivity (Wildman–Crippen MR) is 90.9 cm³/mol. The van der Waals surface area contributed by atoms with E-state index in [9.17, 15) is 14.3 Å². The first-order valence-corrected chi connectivity index (χ1v) is 7.98. The van der Waals surface area contributed by atoms with Crippen molar-refractivity contribution in [2.75, 3.05) is 6.54 Å². The number of rotatable bonds is 6. The van der Waals surface area contributed by atoms with Crippen molar-refractivity contribution in [2.24, 2.45) is 11.3 Å². The second-order valence-electron chi connectivity index (χ2n) is 7.00. The number of amides is 1. The van der Waals surface area contributed by atoms with Gasteiger partial charge in [0.1, 0.15) is 5.82 Å². The van der Waals surface area contributed by atoms with Gasteiger partial charge in [0, 0.05) is 17.5 Å². The summed E-state index contributed by atoms with van der Waals surface area (Å²) in [6.07, 6.45) is 0.830. The van der Waals surface area contributed by atoms with E-state index in [0.717, 1.165) is 0 Å². The average Bonchev–Trinajstić information content (AvgIpc) is 3.01. The van der Waals surface area contributed by atoms with Gasteiger partial charge in [-0.25, -0.2) is 4.39 Å². The monoisotopic (exact) mass is 333 g/mol. The minimum Gasteiger partial charge on any atom is -0.392 e. The van der Waals surface area contributed by atoms with Gasteiger partial charge in [0.2, 0.25) is 0 Å². The van der Waals surface area contributed by atoms with E-state index in [1.54, 1.807) is 18.2 Å². The van der Waals surface area contributed by atoms with Gasteiger partial charge in [-0.05, 0) is 18.1 Å². The third kappa shape index (κ3) is 3.82. The molecule has 1 aromatic carbocycles. The highest BCUT2D eigenvalue weighted by Crippen LogP contribution is 2.26. The van der Waals surface area contributed by atoms with Gasteiger partial charge in [0.25, 0.3) is 5.91 Å². The van der Waals surface area contributed by atoms with Crippen molar-refractivity contribution in [1.82, 2.24) is 15.5 Å². The molecule has 0 fully saturated rings. The van der Waals surface area contributed by atoms with Gasteiger partial charge in [0.15, 0.2) is 0 Å². The summed E-state index contributed by atoms with van der Waals surface area (Å²) in [7, 11) is 0. The van der Waals surface area contributed by atoms with Gasteiger partial charge in [-0.2, -0.15) is 5.10 Å². The number of nitrogens with one attached hydrogen (secondary N) is 2. The standard InChI is InChI=1S/C18H24FN3O2/c1-11(2)16(23)18(3,4)10-20-17(24)13-9-21-22-15(13)12-7-5-6-8-14(12)19/h5-9,11,16,23H,10H2,1-4H3,(H,20,24)(H,21,22). The highest BCUT2D eigenvalue weighted by Gasteiger charge is 2.31. The first-order chi connectivity index (χ1) is 11.2. The number of nitrogens with zero attached hydrogens (tertiary/aromatic N) is 1. The molecule has 1 unspecified atom stereocenters. The number of aliphatic hydroxyl groups is 1. The number of aromatic amines is 1. The molecule has 130 valence electrons.